The van der Waals surface area contributed by atoms with Crippen LogP contribution in [0.5, 0.6) is 0 Å². The van der Waals surface area contributed by atoms with E-state index in [1.807, 2.05) is 48.5 Å². The summed E-state index contributed by atoms with van der Waals surface area (Å²) in [6.45, 7) is 0. The topological polar surface area (TPSA) is 17.1 Å². The van der Waals surface area contributed by atoms with Crippen molar-refractivity contribution in [3.63, 3.8) is 0 Å². The number of fused-ring (bicyclic) bond motifs is 2. The van der Waals surface area contributed by atoms with Crippen molar-refractivity contribution in [3.8, 4) is 0 Å². The van der Waals surface area contributed by atoms with Crippen LogP contribution in [0.2, 0.25) is 0 Å². The Bertz CT molecular complexity index is 822. The van der Waals surface area contributed by atoms with Crippen molar-refractivity contribution in [3.05, 3.63) is 72.8 Å². The summed E-state index contributed by atoms with van der Waals surface area (Å²) >= 11 is 4.38. The van der Waals surface area contributed by atoms with Crippen molar-refractivity contribution in [2.75, 3.05) is 0 Å². The molecule has 4 heteroatoms. The van der Waals surface area contributed by atoms with Gasteiger partial charge in [0.2, 0.25) is 0 Å². The van der Waals surface area contributed by atoms with E-state index in [0.29, 0.717) is 0 Å². The van der Waals surface area contributed by atoms with E-state index in [4.69, 9.17) is 0 Å². The molecule has 0 spiro atoms. The van der Waals surface area contributed by atoms with Crippen LogP contribution in [0, 0.1) is 0 Å². The Balaban J connectivity index is 2.00. The van der Waals surface area contributed by atoms with E-state index in [1.54, 1.807) is 0 Å². The Morgan fingerprint density at radius 2 is 1.23 bits per heavy atom. The van der Waals surface area contributed by atoms with Gasteiger partial charge in [-0.15, -0.1) is 12.6 Å². The van der Waals surface area contributed by atoms with Crippen molar-refractivity contribution >= 4 is 34.3 Å². The summed E-state index contributed by atoms with van der Waals surface area (Å²) in [5.41, 5.74) is 0. The quantitative estimate of drug-likeness (QED) is 0.397. The molecule has 1 aliphatic rings. The fraction of sp³-hybridized carbons (Fsp3) is 0. The van der Waals surface area contributed by atoms with E-state index in [9.17, 15) is 4.21 Å². The van der Waals surface area contributed by atoms with Crippen LogP contribution in [0.25, 0.3) is 0 Å². The Morgan fingerprint density at radius 1 is 0.727 bits per heavy atom. The van der Waals surface area contributed by atoms with Crippen LogP contribution in [0.1, 0.15) is 0 Å². The molecule has 0 saturated carbocycles. The van der Waals surface area contributed by atoms with Gasteiger partial charge >= 0.3 is 0 Å². The van der Waals surface area contributed by atoms with Crippen LogP contribution in [-0.4, -0.2) is 4.21 Å². The van der Waals surface area contributed by atoms with Crippen molar-refractivity contribution in [1.82, 2.24) is 0 Å². The van der Waals surface area contributed by atoms with Gasteiger partial charge in [0.15, 0.2) is 14.7 Å². The molecule has 3 aromatic carbocycles. The van der Waals surface area contributed by atoms with Crippen LogP contribution in [0.3, 0.4) is 0 Å². The second kappa shape index (κ2) is 5.61. The number of benzene rings is 3. The van der Waals surface area contributed by atoms with Gasteiger partial charge in [0.05, 0.1) is 20.6 Å². The lowest BCUT2D eigenvalue weighted by molar-refractivity contribution is 0.679. The van der Waals surface area contributed by atoms with Crippen LogP contribution < -0.4 is 0 Å². The molecular weight excluding hydrogens is 328 g/mol. The molecule has 0 unspecified atom stereocenters. The second-order valence-corrected chi connectivity index (χ2v) is 8.86. The lowest BCUT2D eigenvalue weighted by Gasteiger charge is -2.18. The fourth-order valence-electron chi connectivity index (χ4n) is 2.62. The summed E-state index contributed by atoms with van der Waals surface area (Å²) < 4.78 is 12.8. The van der Waals surface area contributed by atoms with Crippen LogP contribution in [0.15, 0.2) is 102 Å². The molecule has 1 aliphatic heterocycles. The third-order valence-electron chi connectivity index (χ3n) is 3.61. The van der Waals surface area contributed by atoms with Crippen LogP contribution in [-0.2, 0) is 21.7 Å². The Labute approximate surface area is 140 Å². The van der Waals surface area contributed by atoms with Crippen molar-refractivity contribution in [2.45, 2.75) is 29.4 Å². The third-order valence-corrected chi connectivity index (χ3v) is 8.01. The maximum atomic E-state index is 12.8. The molecule has 4 rings (SSSR count). The van der Waals surface area contributed by atoms with Crippen molar-refractivity contribution in [2.24, 2.45) is 0 Å². The van der Waals surface area contributed by atoms with Gasteiger partial charge < -0.3 is 0 Å². The summed E-state index contributed by atoms with van der Waals surface area (Å²) in [6, 6.07) is 24.4. The minimum absolute atomic E-state index is 0.214. The van der Waals surface area contributed by atoms with Crippen molar-refractivity contribution < 1.29 is 4.21 Å². The predicted molar refractivity (Wildman–Crippen MR) is 93.4 cm³/mol. The summed E-state index contributed by atoms with van der Waals surface area (Å²) in [5.74, 6) is 0. The first-order valence-corrected chi connectivity index (χ1v) is 9.71. The molecule has 0 radical (unpaired) electrons. The molecule has 0 saturated heterocycles. The summed E-state index contributed by atoms with van der Waals surface area (Å²) in [7, 11) is -1.31. The number of hydrogen-bond donors (Lipinski definition) is 1. The molecular formula is C18H13OS3+. The molecule has 0 aliphatic carbocycles. The number of hydrogen-bond acceptors (Lipinski definition) is 2. The van der Waals surface area contributed by atoms with Crippen LogP contribution in [0.4, 0.5) is 0 Å². The fourth-order valence-corrected chi connectivity index (χ4v) is 6.98. The maximum absolute atomic E-state index is 12.8. The van der Waals surface area contributed by atoms with Crippen molar-refractivity contribution in [1.29, 1.82) is 0 Å². The highest BCUT2D eigenvalue weighted by Gasteiger charge is 2.40. The Hall–Kier alpha value is -1.49. The summed E-state index contributed by atoms with van der Waals surface area (Å²) in [4.78, 5) is 6.36. The minimum atomic E-state index is -1.10. The van der Waals surface area contributed by atoms with Gasteiger partial charge in [-0.05, 0) is 48.5 Å². The largest absolute Gasteiger partial charge is 0.249 e. The van der Waals surface area contributed by atoms with Gasteiger partial charge in [0.1, 0.15) is 10.9 Å². The molecule has 22 heavy (non-hydrogen) atoms. The number of thiol groups is 1. The van der Waals surface area contributed by atoms with E-state index in [1.165, 1.54) is 4.90 Å². The zero-order valence-electron chi connectivity index (χ0n) is 11.6. The summed E-state index contributed by atoms with van der Waals surface area (Å²) in [5, 5.41) is 0. The zero-order valence-corrected chi connectivity index (χ0v) is 14.1. The molecule has 1 heterocycles. The minimum Gasteiger partial charge on any atom is -0.249 e. The highest BCUT2D eigenvalue weighted by atomic mass is 32.2. The monoisotopic (exact) mass is 341 g/mol. The Kier molecular flexibility index (Phi) is 3.60. The third kappa shape index (κ3) is 2.22. The first kappa shape index (κ1) is 14.1. The molecule has 0 atom stereocenters. The van der Waals surface area contributed by atoms with Gasteiger partial charge in [-0.25, -0.2) is 4.21 Å². The van der Waals surface area contributed by atoms with Gasteiger partial charge in [-0.3, -0.25) is 0 Å². The van der Waals surface area contributed by atoms with Gasteiger partial charge in [-0.1, -0.05) is 24.3 Å². The molecule has 0 bridgehead atoms. The average molecular weight is 342 g/mol. The first-order valence-electron chi connectivity index (χ1n) is 6.89. The molecule has 0 aromatic heterocycles. The smallest absolute Gasteiger partial charge is 0.183 e. The zero-order chi connectivity index (χ0) is 15.1. The Morgan fingerprint density at radius 3 is 1.77 bits per heavy atom. The van der Waals surface area contributed by atoms with Gasteiger partial charge in [-0.2, -0.15) is 0 Å². The second-order valence-electron chi connectivity index (χ2n) is 4.96. The molecule has 108 valence electrons. The standard InChI is InChI=1S/C18H12OS3/c19-22-17-7-3-1-5-15(17)21(14-11-9-13(20)10-12-14)16-6-2-4-8-18(16)22/h1-12H/p+1. The van der Waals surface area contributed by atoms with E-state index < -0.39 is 10.8 Å². The van der Waals surface area contributed by atoms with E-state index in [0.717, 1.165) is 24.5 Å². The van der Waals surface area contributed by atoms with E-state index in [2.05, 4.69) is 36.9 Å². The molecule has 0 amide bonds. The molecule has 0 N–H and O–H groups in total. The van der Waals surface area contributed by atoms with Crippen LogP contribution >= 0.6 is 12.6 Å². The van der Waals surface area contributed by atoms with Gasteiger partial charge in [0, 0.05) is 4.90 Å². The van der Waals surface area contributed by atoms with E-state index in [-0.39, 0.29) is 10.9 Å². The maximum Gasteiger partial charge on any atom is 0.183 e. The first-order chi connectivity index (χ1) is 10.8. The molecule has 3 aromatic rings. The molecule has 0 fully saturated rings. The SMILES string of the molecule is O=S1c2ccccc2[S+](c2ccc(S)cc2)c2ccccc21. The normalized spacial score (nSPS) is 19.3. The molecule has 1 nitrogen and oxygen atoms in total. The summed E-state index contributed by atoms with van der Waals surface area (Å²) in [6.07, 6.45) is 0. The van der Waals surface area contributed by atoms with E-state index >= 15 is 0 Å². The predicted octanol–water partition coefficient (Wildman–Crippen LogP) is 4.55. The highest BCUT2D eigenvalue weighted by molar-refractivity contribution is 7.99. The number of rotatable bonds is 1. The average Bonchev–Trinajstić information content (AvgIpc) is 2.57. The highest BCUT2D eigenvalue weighted by Crippen LogP contribution is 2.42. The lowest BCUT2D eigenvalue weighted by atomic mass is 10.3. The lowest BCUT2D eigenvalue weighted by Crippen LogP contribution is -2.16. The van der Waals surface area contributed by atoms with Gasteiger partial charge in [0.25, 0.3) is 0 Å².